The molecule has 22 heavy (non-hydrogen) atoms. The van der Waals surface area contributed by atoms with Crippen LogP contribution in [0.3, 0.4) is 0 Å². The van der Waals surface area contributed by atoms with Gasteiger partial charge < -0.3 is 19.9 Å². The molecule has 0 saturated carbocycles. The third-order valence-corrected chi connectivity index (χ3v) is 2.73. The zero-order valence-corrected chi connectivity index (χ0v) is 12.3. The lowest BCUT2D eigenvalue weighted by Gasteiger charge is -2.13. The van der Waals surface area contributed by atoms with Crippen LogP contribution in [0.1, 0.15) is 25.3 Å². The molecule has 0 saturated heterocycles. The van der Waals surface area contributed by atoms with E-state index in [4.69, 9.17) is 14.6 Å². The number of amides is 1. The van der Waals surface area contributed by atoms with Gasteiger partial charge in [0.25, 0.3) is 0 Å². The Morgan fingerprint density at radius 3 is 2.50 bits per heavy atom. The topological polar surface area (TPSA) is 102 Å². The van der Waals surface area contributed by atoms with Crippen LogP contribution in [0.5, 0.6) is 0 Å². The summed E-state index contributed by atoms with van der Waals surface area (Å²) in [5.41, 5.74) is 0.845. The van der Waals surface area contributed by atoms with Crippen molar-refractivity contribution in [3.63, 3.8) is 0 Å². The summed E-state index contributed by atoms with van der Waals surface area (Å²) in [4.78, 5) is 33.5. The van der Waals surface area contributed by atoms with Crippen LogP contribution in [0, 0.1) is 0 Å². The number of esters is 1. The third kappa shape index (κ3) is 6.74. The fraction of sp³-hybridized carbons (Fsp3) is 0.400. The fourth-order valence-electron chi connectivity index (χ4n) is 1.55. The minimum atomic E-state index is -1.28. The van der Waals surface area contributed by atoms with Gasteiger partial charge in [-0.15, -0.1) is 0 Å². The van der Waals surface area contributed by atoms with E-state index in [9.17, 15) is 14.4 Å². The second-order valence-corrected chi connectivity index (χ2v) is 4.45. The van der Waals surface area contributed by atoms with Gasteiger partial charge in [-0.05, 0) is 5.56 Å². The number of aliphatic carboxylic acids is 1. The first kappa shape index (κ1) is 17.5. The van der Waals surface area contributed by atoms with E-state index in [1.807, 2.05) is 30.3 Å². The summed E-state index contributed by atoms with van der Waals surface area (Å²) in [7, 11) is 0. The zero-order chi connectivity index (χ0) is 16.4. The number of carbonyl (C=O) groups excluding carboxylic acids is 2. The second-order valence-electron chi connectivity index (χ2n) is 4.45. The van der Waals surface area contributed by atoms with Gasteiger partial charge >= 0.3 is 18.0 Å². The Morgan fingerprint density at radius 2 is 1.91 bits per heavy atom. The first-order valence-corrected chi connectivity index (χ1v) is 6.89. The number of carboxylic acids is 1. The van der Waals surface area contributed by atoms with Crippen molar-refractivity contribution in [2.75, 3.05) is 6.54 Å². The molecule has 0 aliphatic heterocycles. The molecule has 0 unspecified atom stereocenters. The number of ether oxygens (including phenoxy) is 2. The van der Waals surface area contributed by atoms with Crippen molar-refractivity contribution in [2.24, 2.45) is 0 Å². The van der Waals surface area contributed by atoms with E-state index in [0.717, 1.165) is 5.56 Å². The van der Waals surface area contributed by atoms with Crippen molar-refractivity contribution in [1.82, 2.24) is 5.32 Å². The van der Waals surface area contributed by atoms with E-state index < -0.39 is 24.1 Å². The smallest absolute Gasteiger partial charge is 0.407 e. The highest BCUT2D eigenvalue weighted by Crippen LogP contribution is 2.02. The largest absolute Gasteiger partial charge is 0.479 e. The van der Waals surface area contributed by atoms with Gasteiger partial charge in [0.2, 0.25) is 0 Å². The molecule has 2 N–H and O–H groups in total. The highest BCUT2D eigenvalue weighted by Gasteiger charge is 2.21. The molecule has 0 aliphatic rings. The van der Waals surface area contributed by atoms with Gasteiger partial charge in [-0.2, -0.15) is 0 Å². The maximum absolute atomic E-state index is 11.5. The highest BCUT2D eigenvalue weighted by atomic mass is 16.6. The predicted octanol–water partition coefficient (Wildman–Crippen LogP) is 1.71. The van der Waals surface area contributed by atoms with Gasteiger partial charge in [-0.3, -0.25) is 4.79 Å². The van der Waals surface area contributed by atoms with Crippen molar-refractivity contribution in [3.05, 3.63) is 35.9 Å². The molecule has 1 aromatic carbocycles. The lowest BCUT2D eigenvalue weighted by molar-refractivity contribution is -0.164. The van der Waals surface area contributed by atoms with E-state index in [-0.39, 0.29) is 26.0 Å². The number of alkyl carbamates (subject to hydrolysis) is 1. The van der Waals surface area contributed by atoms with Gasteiger partial charge in [0.15, 0.2) is 6.10 Å². The molecule has 0 bridgehead atoms. The fourth-order valence-corrected chi connectivity index (χ4v) is 1.55. The van der Waals surface area contributed by atoms with Crippen LogP contribution >= 0.6 is 0 Å². The van der Waals surface area contributed by atoms with Crippen molar-refractivity contribution in [2.45, 2.75) is 32.5 Å². The summed E-state index contributed by atoms with van der Waals surface area (Å²) in [6.07, 6.45) is -1.87. The summed E-state index contributed by atoms with van der Waals surface area (Å²) in [5, 5.41) is 11.3. The van der Waals surface area contributed by atoms with E-state index >= 15 is 0 Å². The molecule has 1 amide bonds. The average molecular weight is 309 g/mol. The molecule has 120 valence electrons. The number of carboxylic acid groups (broad SMARTS) is 1. The molecule has 1 aromatic rings. The number of hydrogen-bond donors (Lipinski definition) is 2. The molecule has 0 fully saturated rings. The summed E-state index contributed by atoms with van der Waals surface area (Å²) < 4.78 is 9.71. The number of rotatable bonds is 8. The highest BCUT2D eigenvalue weighted by molar-refractivity contribution is 5.77. The van der Waals surface area contributed by atoms with Crippen LogP contribution in [-0.2, 0) is 25.7 Å². The van der Waals surface area contributed by atoms with Crippen molar-refractivity contribution in [1.29, 1.82) is 0 Å². The number of hydrogen-bond acceptors (Lipinski definition) is 5. The lowest BCUT2D eigenvalue weighted by Crippen LogP contribution is -2.33. The Hall–Kier alpha value is -2.57. The molecule has 1 atom stereocenters. The summed E-state index contributed by atoms with van der Waals surface area (Å²) in [6.45, 7) is 1.72. The molecule has 0 radical (unpaired) electrons. The Labute approximate surface area is 128 Å². The van der Waals surface area contributed by atoms with Crippen LogP contribution in [0.2, 0.25) is 0 Å². The van der Waals surface area contributed by atoms with Gasteiger partial charge in [-0.25, -0.2) is 9.59 Å². The minimum absolute atomic E-state index is 0.0263. The van der Waals surface area contributed by atoms with Crippen LogP contribution < -0.4 is 5.32 Å². The normalized spacial score (nSPS) is 11.3. The number of benzene rings is 1. The standard InChI is InChI=1S/C15H19NO6/c1-2-13(17)22-12(14(18)19)8-9-16-15(20)21-10-11-6-4-3-5-7-11/h3-7,12H,2,8-10H2,1H3,(H,16,20)(H,18,19)/t12-/m0/s1. The van der Waals surface area contributed by atoms with Crippen LogP contribution in [0.15, 0.2) is 30.3 Å². The molecule has 1 rings (SSSR count). The average Bonchev–Trinajstić information content (AvgIpc) is 2.52. The van der Waals surface area contributed by atoms with Crippen molar-refractivity contribution < 1.29 is 29.0 Å². The van der Waals surface area contributed by atoms with E-state index in [1.165, 1.54) is 0 Å². The van der Waals surface area contributed by atoms with Crippen molar-refractivity contribution in [3.8, 4) is 0 Å². The molecular weight excluding hydrogens is 290 g/mol. The first-order valence-electron chi connectivity index (χ1n) is 6.89. The third-order valence-electron chi connectivity index (χ3n) is 2.73. The van der Waals surface area contributed by atoms with Gasteiger partial charge in [-0.1, -0.05) is 37.3 Å². The van der Waals surface area contributed by atoms with Crippen LogP contribution in [0.25, 0.3) is 0 Å². The van der Waals surface area contributed by atoms with Gasteiger partial charge in [0.05, 0.1) is 0 Å². The summed E-state index contributed by atoms with van der Waals surface area (Å²) in [6, 6.07) is 9.15. The Kier molecular flexibility index (Phi) is 7.45. The van der Waals surface area contributed by atoms with Gasteiger partial charge in [0, 0.05) is 19.4 Å². The molecule has 0 aliphatic carbocycles. The van der Waals surface area contributed by atoms with Crippen LogP contribution in [-0.4, -0.2) is 35.8 Å². The minimum Gasteiger partial charge on any atom is -0.479 e. The number of carbonyl (C=O) groups is 3. The Bertz CT molecular complexity index is 502. The summed E-state index contributed by atoms with van der Waals surface area (Å²) >= 11 is 0. The number of nitrogens with one attached hydrogen (secondary N) is 1. The lowest BCUT2D eigenvalue weighted by atomic mass is 10.2. The predicted molar refractivity (Wildman–Crippen MR) is 77.1 cm³/mol. The van der Waals surface area contributed by atoms with Gasteiger partial charge in [0.1, 0.15) is 6.61 Å². The Balaban J connectivity index is 2.27. The van der Waals surface area contributed by atoms with Crippen molar-refractivity contribution >= 4 is 18.0 Å². The second kappa shape index (κ2) is 9.38. The quantitative estimate of drug-likeness (QED) is 0.709. The SMILES string of the molecule is CCC(=O)O[C@@H](CCNC(=O)OCc1ccccc1)C(=O)O. The monoisotopic (exact) mass is 309 g/mol. The molecule has 0 spiro atoms. The maximum Gasteiger partial charge on any atom is 0.407 e. The molecule has 0 aromatic heterocycles. The first-order chi connectivity index (χ1) is 10.5. The Morgan fingerprint density at radius 1 is 1.23 bits per heavy atom. The van der Waals surface area contributed by atoms with E-state index in [2.05, 4.69) is 5.32 Å². The molecule has 7 heteroatoms. The molecule has 7 nitrogen and oxygen atoms in total. The maximum atomic E-state index is 11.5. The van der Waals surface area contributed by atoms with Crippen LogP contribution in [0.4, 0.5) is 4.79 Å². The zero-order valence-electron chi connectivity index (χ0n) is 12.3. The van der Waals surface area contributed by atoms with E-state index in [1.54, 1.807) is 6.92 Å². The molecular formula is C15H19NO6. The van der Waals surface area contributed by atoms with E-state index in [0.29, 0.717) is 0 Å². The molecule has 0 heterocycles. The summed E-state index contributed by atoms with van der Waals surface area (Å²) in [5.74, 6) is -1.85.